The van der Waals surface area contributed by atoms with Crippen LogP contribution < -0.4 is 0 Å². The highest BCUT2D eigenvalue weighted by molar-refractivity contribution is 8.33. The molecule has 5 rings (SSSR count). The SMILES string of the molecule is O=C1C(F)(F)C2(F)C(F)(F)C(F)(F)C1(C(F)(F)S(=O)(=O)OS(c1ccccc1)(c1ccccc1)c1ccccc1)C2(C(F)(F)F)C(F)(F)F. The number of alkyl halides is 15. The Morgan fingerprint density at radius 2 is 0.857 bits per heavy atom. The molecule has 2 aliphatic rings. The fraction of sp³-hybridized carbons (Fsp3) is 0.321. The maximum absolute atomic E-state index is 16.6. The van der Waals surface area contributed by atoms with E-state index in [0.717, 1.165) is 72.8 Å². The summed E-state index contributed by atoms with van der Waals surface area (Å²) in [6, 6.07) is 15.7. The maximum atomic E-state index is 16.6. The number of carbonyl (C=O) groups excluding carboxylic acids is 1. The molecular weight excluding hydrogens is 749 g/mol. The van der Waals surface area contributed by atoms with E-state index in [4.69, 9.17) is 3.63 Å². The number of hydrogen-bond donors (Lipinski definition) is 0. The minimum Gasteiger partial charge on any atom is -0.292 e. The standard InChI is InChI=1S/C28H15F15O4S2/c29-21(30)19(44)20(22(26(36,37)38,27(39,40)41)23(21,31)25(34,35)24(20,32)33)28(42,43)49(45,46)47-48(16-10-4-1-5-11-16,17-12-6-2-7-13-17)18-14-8-3-9-15-18/h1-15H. The molecule has 49 heavy (non-hydrogen) atoms. The molecule has 3 aromatic carbocycles. The van der Waals surface area contributed by atoms with E-state index in [1.54, 1.807) is 0 Å². The van der Waals surface area contributed by atoms with Gasteiger partial charge in [0.15, 0.2) is 0 Å². The van der Waals surface area contributed by atoms with Crippen LogP contribution in [0.1, 0.15) is 0 Å². The summed E-state index contributed by atoms with van der Waals surface area (Å²) in [5, 5.41) is -8.07. The van der Waals surface area contributed by atoms with Gasteiger partial charge in [0.05, 0.1) is 0 Å². The summed E-state index contributed by atoms with van der Waals surface area (Å²) < 4.78 is 259. The topological polar surface area (TPSA) is 60.4 Å². The summed E-state index contributed by atoms with van der Waals surface area (Å²) >= 11 is 0. The number of fused-ring (bicyclic) bond motifs is 2. The Balaban J connectivity index is 1.97. The van der Waals surface area contributed by atoms with E-state index in [2.05, 4.69) is 0 Å². The third kappa shape index (κ3) is 3.75. The van der Waals surface area contributed by atoms with E-state index in [1.807, 2.05) is 0 Å². The average molecular weight is 765 g/mol. The summed E-state index contributed by atoms with van der Waals surface area (Å²) in [5.74, 6) is -29.1. The summed E-state index contributed by atoms with van der Waals surface area (Å²) in [5.41, 5.74) is -24.9. The zero-order valence-electron chi connectivity index (χ0n) is 23.3. The molecule has 2 unspecified atom stereocenters. The molecule has 4 nitrogen and oxygen atoms in total. The van der Waals surface area contributed by atoms with Gasteiger partial charge in [0.1, 0.15) is 0 Å². The van der Waals surface area contributed by atoms with Crippen LogP contribution in [-0.2, 0) is 18.5 Å². The lowest BCUT2D eigenvalue weighted by molar-refractivity contribution is -0.417. The minimum absolute atomic E-state index is 0.561. The van der Waals surface area contributed by atoms with Gasteiger partial charge < -0.3 is 0 Å². The monoisotopic (exact) mass is 764 g/mol. The molecule has 3 aromatic rings. The molecule has 2 atom stereocenters. The van der Waals surface area contributed by atoms with Gasteiger partial charge in [0.2, 0.25) is 16.6 Å². The molecule has 0 aliphatic heterocycles. The fourth-order valence-electron chi connectivity index (χ4n) is 6.56. The van der Waals surface area contributed by atoms with Crippen molar-refractivity contribution in [2.45, 2.75) is 55.7 Å². The first kappa shape index (κ1) is 36.8. The van der Waals surface area contributed by atoms with E-state index in [1.165, 1.54) is 18.2 Å². The van der Waals surface area contributed by atoms with Gasteiger partial charge in [-0.25, -0.2) is 8.02 Å². The van der Waals surface area contributed by atoms with E-state index in [9.17, 15) is 39.6 Å². The molecule has 0 radical (unpaired) electrons. The van der Waals surface area contributed by atoms with Crippen molar-refractivity contribution in [2.75, 3.05) is 0 Å². The van der Waals surface area contributed by atoms with Crippen LogP contribution in [0.15, 0.2) is 106 Å². The predicted octanol–water partition coefficient (Wildman–Crippen LogP) is 9.13. The van der Waals surface area contributed by atoms with Gasteiger partial charge in [-0.15, -0.1) is 0 Å². The average Bonchev–Trinajstić information content (AvgIpc) is 3.22. The Morgan fingerprint density at radius 3 is 1.16 bits per heavy atom. The second-order valence-corrected chi connectivity index (χ2v) is 15.2. The zero-order valence-corrected chi connectivity index (χ0v) is 24.9. The molecule has 0 aromatic heterocycles. The van der Waals surface area contributed by atoms with Gasteiger partial charge in [-0.1, -0.05) is 54.6 Å². The van der Waals surface area contributed by atoms with Crippen LogP contribution in [0.2, 0.25) is 0 Å². The summed E-state index contributed by atoms with van der Waals surface area (Å²) in [7, 11) is -12.9. The number of Topliss-reactive ketones (excluding diaryl/α,β-unsaturated/α-hetero) is 1. The molecule has 268 valence electrons. The smallest absolute Gasteiger partial charge is 0.292 e. The van der Waals surface area contributed by atoms with Crippen molar-refractivity contribution in [2.24, 2.45) is 10.8 Å². The molecule has 0 spiro atoms. The molecule has 0 heterocycles. The van der Waals surface area contributed by atoms with Crippen LogP contribution in [0.25, 0.3) is 0 Å². The first-order valence-corrected chi connectivity index (χ1v) is 16.0. The van der Waals surface area contributed by atoms with Crippen LogP contribution >= 0.6 is 10.3 Å². The molecular formula is C28H15F15O4S2. The zero-order chi connectivity index (χ0) is 37.1. The van der Waals surface area contributed by atoms with Crippen LogP contribution in [0.5, 0.6) is 0 Å². The highest BCUT2D eigenvalue weighted by Crippen LogP contribution is 2.91. The number of benzene rings is 3. The van der Waals surface area contributed by atoms with E-state index in [-0.39, 0.29) is 0 Å². The Bertz CT molecular complexity index is 1770. The lowest BCUT2D eigenvalue weighted by atomic mass is 9.63. The van der Waals surface area contributed by atoms with Crippen molar-refractivity contribution >= 4 is 26.2 Å². The molecule has 0 saturated heterocycles. The Morgan fingerprint density at radius 1 is 0.531 bits per heavy atom. The second-order valence-electron chi connectivity index (χ2n) is 10.7. The third-order valence-electron chi connectivity index (χ3n) is 8.45. The van der Waals surface area contributed by atoms with Gasteiger partial charge in [-0.2, -0.15) is 69.9 Å². The number of ketones is 1. The van der Waals surface area contributed by atoms with Crippen molar-refractivity contribution in [3.63, 3.8) is 0 Å². The number of rotatable bonds is 7. The van der Waals surface area contributed by atoms with E-state index >= 15 is 39.5 Å². The van der Waals surface area contributed by atoms with Crippen LogP contribution in [0, 0.1) is 10.8 Å². The quantitative estimate of drug-likeness (QED) is 0.226. The van der Waals surface area contributed by atoms with Crippen LogP contribution in [0.4, 0.5) is 65.9 Å². The first-order chi connectivity index (χ1) is 22.2. The largest absolute Gasteiger partial charge is 0.408 e. The predicted molar refractivity (Wildman–Crippen MR) is 137 cm³/mol. The van der Waals surface area contributed by atoms with Crippen LogP contribution in [0.3, 0.4) is 0 Å². The molecule has 0 N–H and O–H groups in total. The first-order valence-electron chi connectivity index (χ1n) is 13.0. The Hall–Kier alpha value is -3.46. The molecule has 0 amide bonds. The Labute approximate surface area is 266 Å². The van der Waals surface area contributed by atoms with Gasteiger partial charge in [0.25, 0.3) is 5.67 Å². The van der Waals surface area contributed by atoms with Crippen molar-refractivity contribution in [3.8, 4) is 0 Å². The summed E-state index contributed by atoms with van der Waals surface area (Å²) in [6.45, 7) is 0. The number of hydrogen-bond acceptors (Lipinski definition) is 4. The molecule has 2 saturated carbocycles. The van der Waals surface area contributed by atoms with Crippen LogP contribution in [-0.4, -0.2) is 55.2 Å². The summed E-state index contributed by atoms with van der Waals surface area (Å²) in [6.07, 6.45) is -16.8. The highest BCUT2D eigenvalue weighted by Gasteiger charge is 3.20. The summed E-state index contributed by atoms with van der Waals surface area (Å²) in [4.78, 5) is 11.0. The van der Waals surface area contributed by atoms with Crippen molar-refractivity contribution in [1.29, 1.82) is 0 Å². The molecule has 21 heteroatoms. The molecule has 2 bridgehead atoms. The molecule has 2 aliphatic carbocycles. The Kier molecular flexibility index (Phi) is 7.74. The van der Waals surface area contributed by atoms with Gasteiger partial charge in [-0.3, -0.25) is 4.79 Å². The minimum atomic E-state index is -8.47. The van der Waals surface area contributed by atoms with Crippen molar-refractivity contribution in [3.05, 3.63) is 91.0 Å². The fourth-order valence-corrected chi connectivity index (χ4v) is 12.1. The van der Waals surface area contributed by atoms with E-state index < -0.39 is 92.8 Å². The number of carbonyl (C=O) groups is 1. The second kappa shape index (κ2) is 10.3. The van der Waals surface area contributed by atoms with Gasteiger partial charge in [-0.05, 0) is 46.7 Å². The lowest BCUT2D eigenvalue weighted by Gasteiger charge is -2.48. The van der Waals surface area contributed by atoms with Crippen molar-refractivity contribution < 1.29 is 82.7 Å². The van der Waals surface area contributed by atoms with E-state index in [0.29, 0.717) is 0 Å². The maximum Gasteiger partial charge on any atom is 0.408 e. The van der Waals surface area contributed by atoms with Crippen molar-refractivity contribution in [1.82, 2.24) is 0 Å². The lowest BCUT2D eigenvalue weighted by Crippen LogP contribution is -2.73. The normalized spacial score (nSPS) is 26.5. The third-order valence-corrected chi connectivity index (χ3v) is 13.7. The highest BCUT2D eigenvalue weighted by atomic mass is 32.3. The van der Waals surface area contributed by atoms with Gasteiger partial charge in [0, 0.05) is 14.7 Å². The molecule has 2 fully saturated rings. The van der Waals surface area contributed by atoms with Gasteiger partial charge >= 0.3 is 45.5 Å². The number of halogens is 15.